The maximum Gasteiger partial charge on any atom is 0.165 e. The monoisotopic (exact) mass is 348 g/mol. The Morgan fingerprint density at radius 1 is 0.840 bits per heavy atom. The minimum atomic E-state index is -1.66. The number of aliphatic hydroxyl groups excluding tert-OH is 3. The SMILES string of the molecule is CC(c1cccc(OCCO)c1)(c1cccc(OCCO)c1)C(O)O. The zero-order valence-electron chi connectivity index (χ0n) is 14.1. The molecule has 0 radical (unpaired) electrons. The third-order valence-corrected chi connectivity index (χ3v) is 4.10. The largest absolute Gasteiger partial charge is 0.491 e. The third kappa shape index (κ3) is 4.49. The van der Waals surface area contributed by atoms with Crippen molar-refractivity contribution in [1.29, 1.82) is 0 Å². The molecule has 6 nitrogen and oxygen atoms in total. The molecule has 0 aromatic heterocycles. The summed E-state index contributed by atoms with van der Waals surface area (Å²) in [5.74, 6) is 1.07. The molecule has 0 fully saturated rings. The molecule has 2 rings (SSSR count). The van der Waals surface area contributed by atoms with Gasteiger partial charge in [-0.1, -0.05) is 24.3 Å². The van der Waals surface area contributed by atoms with Gasteiger partial charge in [-0.25, -0.2) is 0 Å². The Labute approximate surface area is 146 Å². The molecule has 0 bridgehead atoms. The van der Waals surface area contributed by atoms with Gasteiger partial charge in [0.25, 0.3) is 0 Å². The lowest BCUT2D eigenvalue weighted by Crippen LogP contribution is -2.37. The molecule has 0 unspecified atom stereocenters. The second kappa shape index (κ2) is 8.82. The van der Waals surface area contributed by atoms with Gasteiger partial charge in [0.05, 0.1) is 18.6 Å². The first-order chi connectivity index (χ1) is 12.0. The van der Waals surface area contributed by atoms with E-state index in [1.54, 1.807) is 55.5 Å². The average molecular weight is 348 g/mol. The van der Waals surface area contributed by atoms with E-state index in [2.05, 4.69) is 0 Å². The number of hydrogen-bond donors (Lipinski definition) is 4. The van der Waals surface area contributed by atoms with Crippen molar-refractivity contribution < 1.29 is 29.9 Å². The van der Waals surface area contributed by atoms with Gasteiger partial charge in [-0.05, 0) is 42.3 Å². The first-order valence-corrected chi connectivity index (χ1v) is 8.07. The van der Waals surface area contributed by atoms with E-state index >= 15 is 0 Å². The number of aliphatic hydroxyl groups is 4. The molecule has 0 aliphatic carbocycles. The molecule has 0 saturated heterocycles. The highest BCUT2D eigenvalue weighted by atomic mass is 16.5. The molecule has 0 saturated carbocycles. The summed E-state index contributed by atoms with van der Waals surface area (Å²) in [5, 5.41) is 38.0. The van der Waals surface area contributed by atoms with Gasteiger partial charge in [0.15, 0.2) is 6.29 Å². The summed E-state index contributed by atoms with van der Waals surface area (Å²) in [7, 11) is 0. The van der Waals surface area contributed by atoms with Gasteiger partial charge in [-0.3, -0.25) is 0 Å². The maximum atomic E-state index is 10.1. The lowest BCUT2D eigenvalue weighted by atomic mass is 9.75. The molecule has 0 atom stereocenters. The van der Waals surface area contributed by atoms with Gasteiger partial charge in [-0.15, -0.1) is 0 Å². The highest BCUT2D eigenvalue weighted by Crippen LogP contribution is 2.37. The van der Waals surface area contributed by atoms with E-state index in [-0.39, 0.29) is 26.4 Å². The molecule has 4 N–H and O–H groups in total. The van der Waals surface area contributed by atoms with Crippen LogP contribution in [0.1, 0.15) is 18.1 Å². The fraction of sp³-hybridized carbons (Fsp3) is 0.368. The van der Waals surface area contributed by atoms with Crippen LogP contribution in [0.25, 0.3) is 0 Å². The molecular formula is C19H24O6. The Morgan fingerprint density at radius 3 is 1.64 bits per heavy atom. The lowest BCUT2D eigenvalue weighted by Gasteiger charge is -2.33. The molecule has 0 aliphatic heterocycles. The van der Waals surface area contributed by atoms with Crippen molar-refractivity contribution in [2.24, 2.45) is 0 Å². The van der Waals surface area contributed by atoms with Gasteiger partial charge in [0, 0.05) is 0 Å². The Morgan fingerprint density at radius 2 is 1.28 bits per heavy atom. The Balaban J connectivity index is 2.41. The molecule has 6 heteroatoms. The van der Waals surface area contributed by atoms with Crippen LogP contribution in [-0.2, 0) is 5.41 Å². The lowest BCUT2D eigenvalue weighted by molar-refractivity contribution is -0.0820. The molecule has 0 aliphatic rings. The highest BCUT2D eigenvalue weighted by Gasteiger charge is 2.36. The second-order valence-electron chi connectivity index (χ2n) is 5.78. The molecular weight excluding hydrogens is 324 g/mol. The normalized spacial score (nSPS) is 11.6. The first kappa shape index (κ1) is 19.2. The summed E-state index contributed by atoms with van der Waals surface area (Å²) >= 11 is 0. The number of ether oxygens (including phenoxy) is 2. The molecule has 0 spiro atoms. The Bertz CT molecular complexity index is 619. The van der Waals surface area contributed by atoms with Crippen LogP contribution in [0.2, 0.25) is 0 Å². The summed E-state index contributed by atoms with van der Waals surface area (Å²) in [4.78, 5) is 0. The smallest absolute Gasteiger partial charge is 0.165 e. The molecule has 136 valence electrons. The summed E-state index contributed by atoms with van der Waals surface area (Å²) in [6, 6.07) is 14.0. The summed E-state index contributed by atoms with van der Waals surface area (Å²) < 4.78 is 10.8. The molecule has 25 heavy (non-hydrogen) atoms. The minimum absolute atomic E-state index is 0.103. The van der Waals surface area contributed by atoms with Gasteiger partial charge in [-0.2, -0.15) is 0 Å². The fourth-order valence-corrected chi connectivity index (χ4v) is 2.61. The van der Waals surface area contributed by atoms with Crippen molar-refractivity contribution >= 4 is 0 Å². The Kier molecular flexibility index (Phi) is 6.78. The van der Waals surface area contributed by atoms with Crippen LogP contribution in [0.3, 0.4) is 0 Å². The molecule has 2 aromatic carbocycles. The van der Waals surface area contributed by atoms with E-state index in [1.165, 1.54) is 0 Å². The summed E-state index contributed by atoms with van der Waals surface area (Å²) in [6.07, 6.45) is -1.66. The topological polar surface area (TPSA) is 99.4 Å². The van der Waals surface area contributed by atoms with Crippen LogP contribution in [0.15, 0.2) is 48.5 Å². The predicted octanol–water partition coefficient (Wildman–Crippen LogP) is 1.05. The van der Waals surface area contributed by atoms with E-state index in [9.17, 15) is 10.2 Å². The average Bonchev–Trinajstić information content (AvgIpc) is 2.64. The molecule has 0 heterocycles. The zero-order chi connectivity index (χ0) is 18.3. The highest BCUT2D eigenvalue weighted by molar-refractivity contribution is 5.45. The van der Waals surface area contributed by atoms with Gasteiger partial charge >= 0.3 is 0 Å². The van der Waals surface area contributed by atoms with E-state index < -0.39 is 11.7 Å². The van der Waals surface area contributed by atoms with Crippen LogP contribution in [0.4, 0.5) is 0 Å². The standard InChI is InChI=1S/C19H24O6/c1-19(18(22)23,14-4-2-6-16(12-14)24-10-8-20)15-5-3-7-17(13-15)25-11-9-21/h2-7,12-13,18,20-23H,8-11H2,1H3. The van der Waals surface area contributed by atoms with Crippen molar-refractivity contribution in [2.75, 3.05) is 26.4 Å². The van der Waals surface area contributed by atoms with Gasteiger partial charge < -0.3 is 29.9 Å². The van der Waals surface area contributed by atoms with Crippen molar-refractivity contribution in [2.45, 2.75) is 18.6 Å². The number of hydrogen-bond acceptors (Lipinski definition) is 6. The number of benzene rings is 2. The quantitative estimate of drug-likeness (QED) is 0.506. The van der Waals surface area contributed by atoms with E-state index in [4.69, 9.17) is 19.7 Å². The maximum absolute atomic E-state index is 10.1. The van der Waals surface area contributed by atoms with Crippen LogP contribution in [0, 0.1) is 0 Å². The van der Waals surface area contributed by atoms with Crippen molar-refractivity contribution in [3.63, 3.8) is 0 Å². The van der Waals surface area contributed by atoms with Gasteiger partial charge in [0.2, 0.25) is 0 Å². The van der Waals surface area contributed by atoms with E-state index in [1.807, 2.05) is 0 Å². The molecule has 2 aromatic rings. The van der Waals surface area contributed by atoms with Crippen LogP contribution in [0.5, 0.6) is 11.5 Å². The summed E-state index contributed by atoms with van der Waals surface area (Å²) in [5.41, 5.74) is 0.187. The second-order valence-corrected chi connectivity index (χ2v) is 5.78. The fourth-order valence-electron chi connectivity index (χ4n) is 2.61. The first-order valence-electron chi connectivity index (χ1n) is 8.07. The molecule has 0 amide bonds. The Hall–Kier alpha value is -2.12. The van der Waals surface area contributed by atoms with Gasteiger partial charge in [0.1, 0.15) is 24.7 Å². The number of rotatable bonds is 9. The van der Waals surface area contributed by atoms with E-state index in [0.29, 0.717) is 22.6 Å². The van der Waals surface area contributed by atoms with Crippen molar-refractivity contribution in [3.05, 3.63) is 59.7 Å². The van der Waals surface area contributed by atoms with Crippen LogP contribution in [-0.4, -0.2) is 53.1 Å². The third-order valence-electron chi connectivity index (χ3n) is 4.10. The zero-order valence-corrected chi connectivity index (χ0v) is 14.1. The van der Waals surface area contributed by atoms with Crippen molar-refractivity contribution in [1.82, 2.24) is 0 Å². The minimum Gasteiger partial charge on any atom is -0.491 e. The van der Waals surface area contributed by atoms with Crippen molar-refractivity contribution in [3.8, 4) is 11.5 Å². The van der Waals surface area contributed by atoms with Crippen LogP contribution < -0.4 is 9.47 Å². The van der Waals surface area contributed by atoms with Crippen LogP contribution >= 0.6 is 0 Å². The van der Waals surface area contributed by atoms with E-state index in [0.717, 1.165) is 0 Å². The summed E-state index contributed by atoms with van der Waals surface area (Å²) in [6.45, 7) is 1.83. The predicted molar refractivity (Wildman–Crippen MR) is 92.7 cm³/mol.